The first-order valence-corrected chi connectivity index (χ1v) is 40.5. The number of likely N-dealkylation sites (tertiary alicyclic amines) is 1. The summed E-state index contributed by atoms with van der Waals surface area (Å²) in [6.45, 7) is 8.70. The molecule has 6 aromatic rings. The third-order valence-corrected chi connectivity index (χ3v) is 20.7. The van der Waals surface area contributed by atoms with E-state index < -0.39 is 156 Å². The Labute approximate surface area is 691 Å². The second-order valence-corrected chi connectivity index (χ2v) is 31.0. The van der Waals surface area contributed by atoms with Gasteiger partial charge in [-0.15, -0.1) is 0 Å². The number of fused-ring (bicyclic) bond motifs is 1. The summed E-state index contributed by atoms with van der Waals surface area (Å²) in [7, 11) is 1.23. The fourth-order valence-electron chi connectivity index (χ4n) is 13.9. The third-order valence-electron chi connectivity index (χ3n) is 20.4. The van der Waals surface area contributed by atoms with Gasteiger partial charge in [0.1, 0.15) is 72.3 Å². The number of nitrogens with two attached hydrogens (primary N) is 1. The van der Waals surface area contributed by atoms with Gasteiger partial charge in [0.25, 0.3) is 5.91 Å². The predicted octanol–water partition coefficient (Wildman–Crippen LogP) is 2.56. The summed E-state index contributed by atoms with van der Waals surface area (Å²) in [5.41, 5.74) is 7.70. The highest BCUT2D eigenvalue weighted by atomic mass is 35.5. The number of amides is 13. The molecule has 8 rings (SSSR count). The number of hydrogen-bond donors (Lipinski definition) is 14. The van der Waals surface area contributed by atoms with Crippen LogP contribution in [0.1, 0.15) is 138 Å². The van der Waals surface area contributed by atoms with E-state index in [4.69, 9.17) is 22.1 Å². The Bertz CT molecular complexity index is 4390. The zero-order chi connectivity index (χ0) is 85.4. The Kier molecular flexibility index (Phi) is 36.2. The summed E-state index contributed by atoms with van der Waals surface area (Å²) in [6, 6.07) is 17.8. The van der Waals surface area contributed by atoms with Crippen LogP contribution in [0.2, 0.25) is 5.02 Å². The number of pyridine rings is 2. The van der Waals surface area contributed by atoms with Gasteiger partial charge < -0.3 is 89.0 Å². The number of rotatable bonds is 45. The van der Waals surface area contributed by atoms with Gasteiger partial charge in [0.05, 0.1) is 18.7 Å². The second kappa shape index (κ2) is 46.5. The van der Waals surface area contributed by atoms with Crippen LogP contribution in [0.25, 0.3) is 10.8 Å². The maximum absolute atomic E-state index is 15.4. The smallest absolute Gasteiger partial charge is 0.252 e. The van der Waals surface area contributed by atoms with Crippen molar-refractivity contribution in [2.75, 3.05) is 46.4 Å². The van der Waals surface area contributed by atoms with Crippen LogP contribution in [-0.4, -0.2) is 226 Å². The number of ether oxygens (including phenoxy) is 1. The molecule has 2 aliphatic heterocycles. The highest BCUT2D eigenvalue weighted by Gasteiger charge is 2.41. The van der Waals surface area contributed by atoms with E-state index in [0.717, 1.165) is 15.7 Å². The van der Waals surface area contributed by atoms with Crippen molar-refractivity contribution >= 4 is 99.2 Å². The Morgan fingerprint density at radius 1 is 0.559 bits per heavy atom. The Balaban J connectivity index is 1.06. The summed E-state index contributed by atoms with van der Waals surface area (Å²) in [6.07, 6.45) is 7.59. The number of hydrogen-bond acceptors (Lipinski definition) is 19. The summed E-state index contributed by atoms with van der Waals surface area (Å²) in [5.74, 6) is -10.3. The molecule has 2 aliphatic rings. The van der Waals surface area contributed by atoms with E-state index in [0.29, 0.717) is 78.1 Å². The van der Waals surface area contributed by atoms with Crippen LogP contribution in [0.4, 0.5) is 0 Å². The van der Waals surface area contributed by atoms with Gasteiger partial charge in [0, 0.05) is 88.3 Å². The largest absolute Gasteiger partial charge is 0.508 e. The number of phenols is 1. The standard InChI is InChI=1S/C85H111ClN16O16/c1-51(2)41-65(77(109)96-64(22-10-11-37-90-52(3)4)85(117)102-39-15-23-70(102)81(113)93-53(5)74(87)106)97-76(108)63(21-9-12-38-91-75(107)60-20-14-36-89-48-60)95-82(114)71(46-55-28-33-62(104)34-29-55)101(6)84(116)69(50-103)100-80(112)68(45-57-17-13-35-88-47-57)99-79(111)67(43-54-26-31-61(86)32-27-54)98-78(110)66(44-56-25-30-58-18-7-8-19-59(58)42-56)94-73(105)49-92-83(115)72-24-16-40-118-72/h7-8,13-14,17-20,25-36,42,47-48,51-53,63-72,90,103-104H,9-12,15-16,21-24,37-41,43-46,49-50H2,1-6H3,(H2,87,106)(H,91,107)(H,92,115)(H,93,113)(H,94,105)(H,95,114)(H,96,109)(H,97,108)(H,98,110)(H,99,111)(H,100,112)/t53-,63-,64-,65-,66-,67-,68-,69-,70-,71-,72?/m0/s1. The number of aliphatic hydroxyl groups is 1. The van der Waals surface area contributed by atoms with E-state index in [1.807, 2.05) is 64.1 Å². The van der Waals surface area contributed by atoms with E-state index in [-0.39, 0.29) is 95.0 Å². The molecule has 0 bridgehead atoms. The number of carbonyl (C=O) groups is 13. The summed E-state index contributed by atoms with van der Waals surface area (Å²) in [5, 5.41) is 54.5. The number of benzene rings is 4. The van der Waals surface area contributed by atoms with Crippen molar-refractivity contribution in [2.45, 2.75) is 203 Å². The number of likely N-dealkylation sites (N-methyl/N-ethyl adjacent to an activating group) is 1. The average molecular weight is 1650 g/mol. The topological polar surface area (TPSA) is 462 Å². The van der Waals surface area contributed by atoms with Crippen LogP contribution >= 0.6 is 11.6 Å². The molecule has 15 N–H and O–H groups in total. The number of aromatic hydroxyl groups is 1. The highest BCUT2D eigenvalue weighted by Crippen LogP contribution is 2.24. The number of primary amides is 1. The van der Waals surface area contributed by atoms with E-state index in [1.165, 1.54) is 67.9 Å². The van der Waals surface area contributed by atoms with Crippen LogP contribution in [0.15, 0.2) is 140 Å². The van der Waals surface area contributed by atoms with Gasteiger partial charge in [0.15, 0.2) is 0 Å². The summed E-state index contributed by atoms with van der Waals surface area (Å²) < 4.78 is 5.49. The molecule has 1 unspecified atom stereocenters. The number of halogens is 1. The lowest BCUT2D eigenvalue weighted by Gasteiger charge is -2.33. The molecule has 33 heteroatoms. The normalized spacial score (nSPS) is 16.1. The zero-order valence-corrected chi connectivity index (χ0v) is 68.2. The quantitative estimate of drug-likeness (QED) is 0.0244. The summed E-state index contributed by atoms with van der Waals surface area (Å²) in [4.78, 5) is 197. The van der Waals surface area contributed by atoms with Crippen LogP contribution in [0.5, 0.6) is 5.75 Å². The molecule has 4 heterocycles. The van der Waals surface area contributed by atoms with Gasteiger partial charge in [0.2, 0.25) is 70.9 Å². The number of aliphatic hydroxyl groups excluding tert-OH is 1. The number of aromatic nitrogens is 2. The third kappa shape index (κ3) is 29.0. The van der Waals surface area contributed by atoms with Crippen molar-refractivity contribution < 1.29 is 77.3 Å². The average Bonchev–Trinajstić information content (AvgIpc) is 1.44. The number of carbonyl (C=O) groups excluding carboxylic acids is 13. The molecular weight excluding hydrogens is 1540 g/mol. The first kappa shape index (κ1) is 92.0. The first-order chi connectivity index (χ1) is 56.5. The molecular formula is C85H111ClN16O16. The number of unbranched alkanes of at least 4 members (excludes halogenated alkanes) is 2. The molecule has 11 atom stereocenters. The van der Waals surface area contributed by atoms with E-state index in [9.17, 15) is 48.6 Å². The zero-order valence-electron chi connectivity index (χ0n) is 67.5. The van der Waals surface area contributed by atoms with E-state index in [1.54, 1.807) is 54.6 Å². The maximum atomic E-state index is 15.4. The molecule has 2 saturated heterocycles. The summed E-state index contributed by atoms with van der Waals surface area (Å²) >= 11 is 6.31. The molecule has 2 aromatic heterocycles. The van der Waals surface area contributed by atoms with Crippen LogP contribution in [0.3, 0.4) is 0 Å². The molecule has 634 valence electrons. The van der Waals surface area contributed by atoms with Crippen molar-refractivity contribution in [3.05, 3.63) is 173 Å². The lowest BCUT2D eigenvalue weighted by atomic mass is 9.99. The molecule has 4 aromatic carbocycles. The van der Waals surface area contributed by atoms with Gasteiger partial charge in [-0.1, -0.05) is 112 Å². The van der Waals surface area contributed by atoms with Gasteiger partial charge in [-0.05, 0) is 166 Å². The minimum absolute atomic E-state index is 0.0236. The van der Waals surface area contributed by atoms with E-state index in [2.05, 4.69) is 68.5 Å². The number of nitrogens with zero attached hydrogens (tertiary/aromatic N) is 4. The van der Waals surface area contributed by atoms with Gasteiger partial charge in [-0.3, -0.25) is 72.3 Å². The monoisotopic (exact) mass is 1650 g/mol. The Morgan fingerprint density at radius 2 is 1.13 bits per heavy atom. The van der Waals surface area contributed by atoms with Crippen molar-refractivity contribution in [3.8, 4) is 5.75 Å². The van der Waals surface area contributed by atoms with Crippen LogP contribution in [-0.2, 0) is 88.0 Å². The SMILES string of the molecule is CC(C)C[C@H](NC(=O)[C@H](CCCCNC(=O)c1cccnc1)NC(=O)[C@H](Cc1ccc(O)cc1)N(C)C(=O)[C@H](CO)NC(=O)[C@H](Cc1cccnc1)NC(=O)[C@H](Cc1ccc(Cl)cc1)NC(=O)[C@H](Cc1ccc2ccccc2c1)NC(=O)CNC(=O)C1CCCO1)C(=O)N[C@@H](CCCCNC(C)C)C(=O)N1CCC[C@H]1C(=O)N[C@@H](C)C(N)=O. The molecule has 2 fully saturated rings. The van der Waals surface area contributed by atoms with Crippen molar-refractivity contribution in [3.63, 3.8) is 0 Å². The molecule has 0 aliphatic carbocycles. The minimum Gasteiger partial charge on any atom is -0.508 e. The van der Waals surface area contributed by atoms with Crippen molar-refractivity contribution in [1.29, 1.82) is 0 Å². The molecule has 32 nitrogen and oxygen atoms in total. The minimum atomic E-state index is -1.86. The molecule has 0 spiro atoms. The van der Waals surface area contributed by atoms with E-state index >= 15 is 24.0 Å². The van der Waals surface area contributed by atoms with Crippen molar-refractivity contribution in [1.82, 2.24) is 78.3 Å². The fraction of sp³-hybridized carbons (Fsp3) is 0.471. The lowest BCUT2D eigenvalue weighted by molar-refractivity contribution is -0.144. The molecule has 13 amide bonds. The number of phenolic OH excluding ortho intramolecular Hbond substituents is 1. The number of nitrogens with one attached hydrogen (secondary N) is 11. The second-order valence-electron chi connectivity index (χ2n) is 30.6. The van der Waals surface area contributed by atoms with Gasteiger partial charge >= 0.3 is 0 Å². The molecule has 0 saturated carbocycles. The highest BCUT2D eigenvalue weighted by molar-refractivity contribution is 6.30. The predicted molar refractivity (Wildman–Crippen MR) is 440 cm³/mol. The van der Waals surface area contributed by atoms with Crippen LogP contribution < -0.4 is 64.2 Å². The molecule has 0 radical (unpaired) electrons. The maximum Gasteiger partial charge on any atom is 0.252 e. The van der Waals surface area contributed by atoms with Gasteiger partial charge in [-0.2, -0.15) is 0 Å². The lowest BCUT2D eigenvalue weighted by Crippen LogP contribution is -2.62. The first-order valence-electron chi connectivity index (χ1n) is 40.1. The Hall–Kier alpha value is -11.5. The Morgan fingerprint density at radius 3 is 1.75 bits per heavy atom. The van der Waals surface area contributed by atoms with Gasteiger partial charge in [-0.25, -0.2) is 0 Å². The molecule has 118 heavy (non-hydrogen) atoms. The fourth-order valence-corrected chi connectivity index (χ4v) is 14.0. The van der Waals surface area contributed by atoms with Crippen LogP contribution in [0, 0.1) is 5.92 Å². The van der Waals surface area contributed by atoms with Crippen molar-refractivity contribution in [2.24, 2.45) is 11.7 Å².